The molecule has 0 unspecified atom stereocenters. The summed E-state index contributed by atoms with van der Waals surface area (Å²) in [7, 11) is 2.16. The number of benzene rings is 2. The van der Waals surface area contributed by atoms with E-state index in [2.05, 4.69) is 73.9 Å². The van der Waals surface area contributed by atoms with E-state index < -0.39 is 0 Å². The summed E-state index contributed by atoms with van der Waals surface area (Å²) in [6, 6.07) is 0. The zero-order valence-corrected chi connectivity index (χ0v) is 17.4. The van der Waals surface area contributed by atoms with Crippen LogP contribution < -0.4 is 0 Å². The van der Waals surface area contributed by atoms with Crippen molar-refractivity contribution in [3.05, 3.63) is 50.1 Å². The number of nitrogens with zero attached hydrogens (tertiary/aromatic N) is 2. The summed E-state index contributed by atoms with van der Waals surface area (Å²) in [5, 5.41) is 0. The van der Waals surface area contributed by atoms with Crippen LogP contribution in [0.4, 0.5) is 0 Å². The normalized spacial score (nSPS) is 11.6. The minimum absolute atomic E-state index is 1.09. The minimum atomic E-state index is 1.09. The molecule has 2 aromatic carbocycles. The summed E-state index contributed by atoms with van der Waals surface area (Å²) in [5.41, 5.74) is 16.0. The van der Waals surface area contributed by atoms with Gasteiger partial charge in [0.1, 0.15) is 5.82 Å². The van der Waals surface area contributed by atoms with Gasteiger partial charge in [-0.2, -0.15) is 0 Å². The lowest BCUT2D eigenvalue weighted by Crippen LogP contribution is -2.03. The van der Waals surface area contributed by atoms with Crippen LogP contribution in [0.5, 0.6) is 0 Å². The van der Waals surface area contributed by atoms with Crippen LogP contribution in [-0.4, -0.2) is 9.55 Å². The van der Waals surface area contributed by atoms with Crippen LogP contribution in [0.3, 0.4) is 0 Å². The summed E-state index contributed by atoms with van der Waals surface area (Å²) in [6.07, 6.45) is 0. The van der Waals surface area contributed by atoms with E-state index in [4.69, 9.17) is 4.98 Å². The molecule has 0 atom stereocenters. The Hall–Kier alpha value is -2.09. The van der Waals surface area contributed by atoms with Gasteiger partial charge in [0, 0.05) is 12.6 Å². The number of rotatable bonds is 1. The molecule has 0 aliphatic carbocycles. The van der Waals surface area contributed by atoms with E-state index in [-0.39, 0.29) is 0 Å². The molecule has 1 heterocycles. The molecule has 3 aromatic rings. The van der Waals surface area contributed by atoms with E-state index in [9.17, 15) is 0 Å². The smallest absolute Gasteiger partial charge is 0.141 e. The zero-order valence-electron chi connectivity index (χ0n) is 17.4. The van der Waals surface area contributed by atoms with E-state index in [0.29, 0.717) is 0 Å². The Morgan fingerprint density at radius 3 is 1.44 bits per heavy atom. The molecule has 0 saturated carbocycles. The third-order valence-electron chi connectivity index (χ3n) is 6.72. The monoisotopic (exact) mass is 334 g/mol. The van der Waals surface area contributed by atoms with Crippen LogP contribution in [0.25, 0.3) is 22.4 Å². The van der Waals surface area contributed by atoms with Crippen molar-refractivity contribution in [2.75, 3.05) is 0 Å². The Labute approximate surface area is 151 Å². The van der Waals surface area contributed by atoms with Gasteiger partial charge in [-0.05, 0) is 112 Å². The van der Waals surface area contributed by atoms with E-state index in [1.54, 1.807) is 0 Å². The summed E-state index contributed by atoms with van der Waals surface area (Å²) in [5.74, 6) is 1.09. The fourth-order valence-electron chi connectivity index (χ4n) is 4.17. The molecule has 3 rings (SSSR count). The van der Waals surface area contributed by atoms with E-state index in [1.165, 1.54) is 61.2 Å². The molecular formula is C23H30N2. The first kappa shape index (κ1) is 17.7. The van der Waals surface area contributed by atoms with Gasteiger partial charge in [0.25, 0.3) is 0 Å². The van der Waals surface area contributed by atoms with Crippen LogP contribution >= 0.6 is 0 Å². The lowest BCUT2D eigenvalue weighted by Gasteiger charge is -2.18. The Kier molecular flexibility index (Phi) is 4.06. The maximum absolute atomic E-state index is 5.14. The number of aromatic nitrogens is 2. The molecule has 1 aromatic heterocycles. The Morgan fingerprint density at radius 2 is 0.920 bits per heavy atom. The second-order valence-corrected chi connectivity index (χ2v) is 7.69. The van der Waals surface area contributed by atoms with Crippen molar-refractivity contribution in [2.24, 2.45) is 7.05 Å². The number of imidazole rings is 1. The van der Waals surface area contributed by atoms with Crippen molar-refractivity contribution in [2.45, 2.75) is 62.3 Å². The molecule has 0 bridgehead atoms. The van der Waals surface area contributed by atoms with Crippen molar-refractivity contribution in [1.29, 1.82) is 0 Å². The van der Waals surface area contributed by atoms with Crippen LogP contribution in [-0.2, 0) is 7.05 Å². The van der Waals surface area contributed by atoms with E-state index in [0.717, 1.165) is 11.3 Å². The maximum atomic E-state index is 5.14. The van der Waals surface area contributed by atoms with Gasteiger partial charge < -0.3 is 4.57 Å². The second-order valence-electron chi connectivity index (χ2n) is 7.69. The molecule has 132 valence electrons. The van der Waals surface area contributed by atoms with Crippen molar-refractivity contribution in [3.8, 4) is 11.4 Å². The van der Waals surface area contributed by atoms with Gasteiger partial charge in [-0.1, -0.05) is 0 Å². The third-order valence-corrected chi connectivity index (χ3v) is 6.72. The van der Waals surface area contributed by atoms with Gasteiger partial charge in [0.2, 0.25) is 0 Å². The molecular weight excluding hydrogens is 304 g/mol. The molecule has 0 aliphatic rings. The second kappa shape index (κ2) is 5.72. The molecule has 0 radical (unpaired) electrons. The van der Waals surface area contributed by atoms with Gasteiger partial charge >= 0.3 is 0 Å². The van der Waals surface area contributed by atoms with Gasteiger partial charge in [-0.15, -0.1) is 0 Å². The summed E-state index contributed by atoms with van der Waals surface area (Å²) < 4.78 is 2.30. The summed E-state index contributed by atoms with van der Waals surface area (Å²) in [4.78, 5) is 5.14. The Balaban J connectivity index is 2.50. The largest absolute Gasteiger partial charge is 0.327 e. The SMILES string of the molecule is Cc1c(C)c(C)c(-c2nc3c(C)c(C)c(C)c(C)c3n2C)c(C)c1C. The fourth-order valence-corrected chi connectivity index (χ4v) is 4.17. The Morgan fingerprint density at radius 1 is 0.520 bits per heavy atom. The fraction of sp³-hybridized carbons (Fsp3) is 0.435. The highest BCUT2D eigenvalue weighted by molar-refractivity contribution is 5.89. The van der Waals surface area contributed by atoms with Crippen LogP contribution in [0.2, 0.25) is 0 Å². The Bertz CT molecular complexity index is 1000. The predicted octanol–water partition coefficient (Wildman–Crippen LogP) is 6.02. The first-order valence-electron chi connectivity index (χ1n) is 9.09. The molecule has 0 amide bonds. The van der Waals surface area contributed by atoms with Gasteiger partial charge in [0.15, 0.2) is 0 Å². The van der Waals surface area contributed by atoms with Crippen molar-refractivity contribution < 1.29 is 0 Å². The first-order valence-corrected chi connectivity index (χ1v) is 9.09. The highest BCUT2D eigenvalue weighted by Crippen LogP contribution is 2.37. The van der Waals surface area contributed by atoms with Crippen LogP contribution in [0.15, 0.2) is 0 Å². The molecule has 0 N–H and O–H groups in total. The van der Waals surface area contributed by atoms with Gasteiger partial charge in [0.05, 0.1) is 11.0 Å². The van der Waals surface area contributed by atoms with Gasteiger partial charge in [-0.3, -0.25) is 0 Å². The summed E-state index contributed by atoms with van der Waals surface area (Å²) >= 11 is 0. The zero-order chi connectivity index (χ0) is 18.8. The van der Waals surface area contributed by atoms with E-state index in [1.807, 2.05) is 0 Å². The van der Waals surface area contributed by atoms with Crippen LogP contribution in [0, 0.1) is 62.3 Å². The number of hydrogen-bond donors (Lipinski definition) is 0. The molecule has 0 aliphatic heterocycles. The molecule has 0 spiro atoms. The molecule has 25 heavy (non-hydrogen) atoms. The quantitative estimate of drug-likeness (QED) is 0.532. The average Bonchev–Trinajstić information content (AvgIpc) is 2.92. The topological polar surface area (TPSA) is 17.8 Å². The number of fused-ring (bicyclic) bond motifs is 1. The first-order chi connectivity index (χ1) is 11.6. The van der Waals surface area contributed by atoms with Gasteiger partial charge in [-0.25, -0.2) is 4.98 Å². The lowest BCUT2D eigenvalue weighted by molar-refractivity contribution is 0.947. The van der Waals surface area contributed by atoms with E-state index >= 15 is 0 Å². The maximum Gasteiger partial charge on any atom is 0.141 e. The number of aryl methyl sites for hydroxylation is 3. The van der Waals surface area contributed by atoms with Crippen molar-refractivity contribution in [3.63, 3.8) is 0 Å². The standard InChI is InChI=1S/C23H30N2/c1-11-12(2)16(6)20(17(7)13(11)3)23-24-21-18(8)14(4)15(5)19(9)22(21)25(23)10/h1-10H3. The average molecular weight is 335 g/mol. The molecule has 2 heteroatoms. The summed E-state index contributed by atoms with van der Waals surface area (Å²) in [6.45, 7) is 20.0. The molecule has 0 saturated heterocycles. The predicted molar refractivity (Wildman–Crippen MR) is 109 cm³/mol. The molecule has 0 fully saturated rings. The minimum Gasteiger partial charge on any atom is -0.327 e. The highest BCUT2D eigenvalue weighted by atomic mass is 15.1. The van der Waals surface area contributed by atoms with Crippen molar-refractivity contribution >= 4 is 11.0 Å². The lowest BCUT2D eigenvalue weighted by atomic mass is 9.89. The highest BCUT2D eigenvalue weighted by Gasteiger charge is 2.21. The van der Waals surface area contributed by atoms with Crippen molar-refractivity contribution in [1.82, 2.24) is 9.55 Å². The third kappa shape index (κ3) is 2.27. The number of hydrogen-bond acceptors (Lipinski definition) is 1. The van der Waals surface area contributed by atoms with Crippen LogP contribution in [0.1, 0.15) is 50.1 Å². The molecule has 2 nitrogen and oxygen atoms in total.